The zero-order valence-electron chi connectivity index (χ0n) is 14.4. The fourth-order valence-corrected chi connectivity index (χ4v) is 4.12. The van der Waals surface area contributed by atoms with E-state index in [1.165, 1.54) is 18.4 Å². The Balaban J connectivity index is 1.69. The van der Waals surface area contributed by atoms with E-state index in [0.29, 0.717) is 13.1 Å². The summed E-state index contributed by atoms with van der Waals surface area (Å²) in [5.41, 5.74) is 6.80. The second-order valence-corrected chi connectivity index (χ2v) is 6.97. The second-order valence-electron chi connectivity index (χ2n) is 6.97. The van der Waals surface area contributed by atoms with Crippen molar-refractivity contribution in [3.8, 4) is 5.75 Å². The number of ether oxygens (including phenoxy) is 2. The number of carbonyl (C=O) groups is 1. The minimum Gasteiger partial charge on any atom is -0.496 e. The van der Waals surface area contributed by atoms with Crippen molar-refractivity contribution in [1.82, 2.24) is 5.32 Å². The summed E-state index contributed by atoms with van der Waals surface area (Å²) in [4.78, 5) is 12.5. The van der Waals surface area contributed by atoms with E-state index in [1.807, 2.05) is 18.2 Å². The van der Waals surface area contributed by atoms with Crippen molar-refractivity contribution in [2.45, 2.75) is 56.1 Å². The molecule has 24 heavy (non-hydrogen) atoms. The molecule has 5 nitrogen and oxygen atoms in total. The third kappa shape index (κ3) is 3.42. The first-order chi connectivity index (χ1) is 11.7. The number of methoxy groups -OCH3 is 1. The summed E-state index contributed by atoms with van der Waals surface area (Å²) >= 11 is 0. The van der Waals surface area contributed by atoms with Gasteiger partial charge in [0.1, 0.15) is 11.9 Å². The van der Waals surface area contributed by atoms with Gasteiger partial charge in [-0.2, -0.15) is 0 Å². The van der Waals surface area contributed by atoms with E-state index < -0.39 is 0 Å². The summed E-state index contributed by atoms with van der Waals surface area (Å²) in [5, 5.41) is 3.14. The fourth-order valence-electron chi connectivity index (χ4n) is 4.12. The Morgan fingerprint density at radius 3 is 2.75 bits per heavy atom. The molecule has 0 unspecified atom stereocenters. The molecule has 0 spiro atoms. The van der Waals surface area contributed by atoms with Gasteiger partial charge in [0, 0.05) is 24.1 Å². The molecule has 1 aliphatic carbocycles. The molecule has 1 aliphatic heterocycles. The molecular formula is C19H28N2O3. The number of rotatable bonds is 6. The Kier molecular flexibility index (Phi) is 5.41. The van der Waals surface area contributed by atoms with Crippen molar-refractivity contribution < 1.29 is 14.3 Å². The van der Waals surface area contributed by atoms with Crippen molar-refractivity contribution in [2.75, 3.05) is 20.2 Å². The van der Waals surface area contributed by atoms with Crippen LogP contribution < -0.4 is 15.8 Å². The maximum atomic E-state index is 12.5. The van der Waals surface area contributed by atoms with Crippen LogP contribution in [0.25, 0.3) is 0 Å². The minimum atomic E-state index is -0.352. The van der Waals surface area contributed by atoms with Gasteiger partial charge in [-0.25, -0.2) is 0 Å². The van der Waals surface area contributed by atoms with Crippen LogP contribution >= 0.6 is 0 Å². The number of para-hydroxylation sites is 1. The van der Waals surface area contributed by atoms with Gasteiger partial charge in [0.05, 0.1) is 13.2 Å². The van der Waals surface area contributed by atoms with Crippen LogP contribution in [0.5, 0.6) is 5.75 Å². The van der Waals surface area contributed by atoms with Crippen LogP contribution in [0.1, 0.15) is 44.1 Å². The standard InChI is InChI=1S/C19H28N2O3/c1-23-16-7-3-2-6-15(16)19(10-4-5-11-19)13-21-18(22)17-9-8-14(12-20)24-17/h2-3,6-7,14,17H,4-5,8-13,20H2,1H3,(H,21,22)/t14-,17+/m1/s1. The largest absolute Gasteiger partial charge is 0.496 e. The van der Waals surface area contributed by atoms with Gasteiger partial charge in [0.25, 0.3) is 0 Å². The first kappa shape index (κ1) is 17.2. The quantitative estimate of drug-likeness (QED) is 0.837. The van der Waals surface area contributed by atoms with Gasteiger partial charge >= 0.3 is 0 Å². The average Bonchev–Trinajstić information content (AvgIpc) is 3.29. The highest BCUT2D eigenvalue weighted by molar-refractivity contribution is 5.81. The van der Waals surface area contributed by atoms with Crippen LogP contribution in [0.15, 0.2) is 24.3 Å². The summed E-state index contributed by atoms with van der Waals surface area (Å²) in [7, 11) is 1.71. The van der Waals surface area contributed by atoms with Gasteiger partial charge in [-0.05, 0) is 31.7 Å². The lowest BCUT2D eigenvalue weighted by Gasteiger charge is -2.31. The second kappa shape index (κ2) is 7.53. The summed E-state index contributed by atoms with van der Waals surface area (Å²) in [6.45, 7) is 1.12. The molecule has 132 valence electrons. The summed E-state index contributed by atoms with van der Waals surface area (Å²) in [6, 6.07) is 8.17. The average molecular weight is 332 g/mol. The molecule has 0 aromatic heterocycles. The zero-order chi connectivity index (χ0) is 17.0. The number of carbonyl (C=O) groups excluding carboxylic acids is 1. The Hall–Kier alpha value is -1.59. The molecule has 0 bridgehead atoms. The molecule has 2 atom stereocenters. The Morgan fingerprint density at radius 2 is 2.08 bits per heavy atom. The minimum absolute atomic E-state index is 0.00729. The van der Waals surface area contributed by atoms with Crippen molar-refractivity contribution in [3.63, 3.8) is 0 Å². The van der Waals surface area contributed by atoms with Gasteiger partial charge in [-0.1, -0.05) is 31.0 Å². The molecule has 3 N–H and O–H groups in total. The molecule has 3 rings (SSSR count). The number of nitrogens with two attached hydrogens (primary N) is 1. The van der Waals surface area contributed by atoms with Crippen molar-refractivity contribution >= 4 is 5.91 Å². The number of hydrogen-bond donors (Lipinski definition) is 2. The highest BCUT2D eigenvalue weighted by Gasteiger charge is 2.39. The molecule has 5 heteroatoms. The van der Waals surface area contributed by atoms with Gasteiger partial charge in [0.15, 0.2) is 0 Å². The van der Waals surface area contributed by atoms with Crippen molar-refractivity contribution in [1.29, 1.82) is 0 Å². The summed E-state index contributed by atoms with van der Waals surface area (Å²) < 4.78 is 11.3. The van der Waals surface area contributed by atoms with Gasteiger partial charge in [-0.15, -0.1) is 0 Å². The highest BCUT2D eigenvalue weighted by Crippen LogP contribution is 2.44. The van der Waals surface area contributed by atoms with Gasteiger partial charge in [0.2, 0.25) is 5.91 Å². The molecule has 0 radical (unpaired) electrons. The van der Waals surface area contributed by atoms with Crippen molar-refractivity contribution in [3.05, 3.63) is 29.8 Å². The molecule has 1 saturated heterocycles. The predicted octanol–water partition coefficient (Wildman–Crippen LogP) is 2.13. The van der Waals surface area contributed by atoms with E-state index in [2.05, 4.69) is 11.4 Å². The number of benzene rings is 1. The van der Waals surface area contributed by atoms with Crippen LogP contribution in [-0.4, -0.2) is 38.3 Å². The Labute approximate surface area is 143 Å². The lowest BCUT2D eigenvalue weighted by atomic mass is 9.78. The van der Waals surface area contributed by atoms with E-state index in [-0.39, 0.29) is 23.5 Å². The van der Waals surface area contributed by atoms with Crippen LogP contribution in [0.3, 0.4) is 0 Å². The van der Waals surface area contributed by atoms with Gasteiger partial charge < -0.3 is 20.5 Å². The third-order valence-corrected chi connectivity index (χ3v) is 5.50. The van der Waals surface area contributed by atoms with Crippen LogP contribution in [0, 0.1) is 0 Å². The lowest BCUT2D eigenvalue weighted by molar-refractivity contribution is -0.132. The molecular weight excluding hydrogens is 304 g/mol. The van der Waals surface area contributed by atoms with Gasteiger partial charge in [-0.3, -0.25) is 4.79 Å². The van der Waals surface area contributed by atoms with E-state index in [0.717, 1.165) is 31.4 Å². The Bertz CT molecular complexity index is 569. The highest BCUT2D eigenvalue weighted by atomic mass is 16.5. The Morgan fingerprint density at radius 1 is 1.33 bits per heavy atom. The molecule has 1 aromatic rings. The van der Waals surface area contributed by atoms with Crippen LogP contribution in [0.4, 0.5) is 0 Å². The first-order valence-electron chi connectivity index (χ1n) is 8.95. The molecule has 2 fully saturated rings. The maximum absolute atomic E-state index is 12.5. The monoisotopic (exact) mass is 332 g/mol. The first-order valence-corrected chi connectivity index (χ1v) is 8.95. The van der Waals surface area contributed by atoms with E-state index in [9.17, 15) is 4.79 Å². The number of amides is 1. The lowest BCUT2D eigenvalue weighted by Crippen LogP contribution is -2.43. The van der Waals surface area contributed by atoms with Crippen molar-refractivity contribution in [2.24, 2.45) is 5.73 Å². The predicted molar refractivity (Wildman–Crippen MR) is 93.1 cm³/mol. The van der Waals surface area contributed by atoms with E-state index in [4.69, 9.17) is 15.2 Å². The molecule has 1 saturated carbocycles. The topological polar surface area (TPSA) is 73.6 Å². The smallest absolute Gasteiger partial charge is 0.249 e. The van der Waals surface area contributed by atoms with E-state index >= 15 is 0 Å². The number of hydrogen-bond acceptors (Lipinski definition) is 4. The zero-order valence-corrected chi connectivity index (χ0v) is 14.4. The van der Waals surface area contributed by atoms with E-state index in [1.54, 1.807) is 7.11 Å². The molecule has 1 aromatic carbocycles. The van der Waals surface area contributed by atoms with Crippen LogP contribution in [0.2, 0.25) is 0 Å². The molecule has 1 heterocycles. The SMILES string of the molecule is COc1ccccc1C1(CNC(=O)[C@@H]2CC[C@H](CN)O2)CCCC1. The maximum Gasteiger partial charge on any atom is 0.249 e. The number of nitrogens with one attached hydrogen (secondary N) is 1. The molecule has 2 aliphatic rings. The summed E-state index contributed by atoms with van der Waals surface area (Å²) in [5.74, 6) is 0.904. The van der Waals surface area contributed by atoms with Crippen LogP contribution in [-0.2, 0) is 14.9 Å². The normalized spacial score (nSPS) is 25.6. The summed E-state index contributed by atoms with van der Waals surface area (Å²) in [6.07, 6.45) is 5.81. The fraction of sp³-hybridized carbons (Fsp3) is 0.632. The molecule has 1 amide bonds. The third-order valence-electron chi connectivity index (χ3n) is 5.50.